The lowest BCUT2D eigenvalue weighted by atomic mass is 10.1. The van der Waals surface area contributed by atoms with Crippen molar-refractivity contribution in [1.29, 1.82) is 0 Å². The van der Waals surface area contributed by atoms with Crippen molar-refractivity contribution in [1.82, 2.24) is 0 Å². The Balaban J connectivity index is 2.31. The summed E-state index contributed by atoms with van der Waals surface area (Å²) < 4.78 is 4.74. The Hall–Kier alpha value is -2.14. The minimum Gasteiger partial charge on any atom is -0.465 e. The maximum absolute atomic E-state index is 12.4. The van der Waals surface area contributed by atoms with E-state index in [0.717, 1.165) is 16.7 Å². The molecule has 5 heteroatoms. The van der Waals surface area contributed by atoms with E-state index in [2.05, 4.69) is 5.32 Å². The van der Waals surface area contributed by atoms with Crippen molar-refractivity contribution >= 4 is 28.9 Å². The number of hydrogen-bond donors (Lipinski definition) is 1. The highest BCUT2D eigenvalue weighted by atomic mass is 32.1. The van der Waals surface area contributed by atoms with Gasteiger partial charge in [-0.1, -0.05) is 17.2 Å². The lowest BCUT2D eigenvalue weighted by Gasteiger charge is -2.09. The first-order valence-electron chi connectivity index (χ1n) is 6.48. The minimum absolute atomic E-state index is 0.228. The topological polar surface area (TPSA) is 55.4 Å². The number of carbonyl (C=O) groups excluding carboxylic acids is 2. The molecule has 0 fully saturated rings. The number of benzene rings is 1. The zero-order valence-electron chi connectivity index (χ0n) is 12.4. The van der Waals surface area contributed by atoms with Crippen LogP contribution in [0.15, 0.2) is 23.6 Å². The van der Waals surface area contributed by atoms with Gasteiger partial charge in [0, 0.05) is 5.56 Å². The van der Waals surface area contributed by atoms with Crippen LogP contribution in [0.2, 0.25) is 0 Å². The van der Waals surface area contributed by atoms with Crippen molar-refractivity contribution in [3.05, 3.63) is 50.7 Å². The molecule has 0 bridgehead atoms. The molecule has 4 nitrogen and oxygen atoms in total. The monoisotopic (exact) mass is 303 g/mol. The molecule has 0 aliphatic carbocycles. The summed E-state index contributed by atoms with van der Waals surface area (Å²) >= 11 is 1.26. The second-order valence-corrected chi connectivity index (χ2v) is 5.82. The molecule has 0 saturated carbocycles. The quantitative estimate of drug-likeness (QED) is 0.879. The summed E-state index contributed by atoms with van der Waals surface area (Å²) in [5, 5.41) is 4.64. The summed E-state index contributed by atoms with van der Waals surface area (Å²) in [4.78, 5) is 24.5. The summed E-state index contributed by atoms with van der Waals surface area (Å²) in [6.45, 7) is 5.74. The Labute approximate surface area is 127 Å². The molecule has 110 valence electrons. The standard InChI is InChI=1S/C16H17NO3S/c1-9-5-10(2)7-12(6-9)15(18)17-13-11(3)8-21-14(13)16(19)20-4/h5-8H,1-4H3,(H,17,18). The van der Waals surface area contributed by atoms with E-state index in [1.807, 2.05) is 44.4 Å². The van der Waals surface area contributed by atoms with E-state index < -0.39 is 5.97 Å². The highest BCUT2D eigenvalue weighted by Crippen LogP contribution is 2.28. The van der Waals surface area contributed by atoms with Crippen LogP contribution in [0.1, 0.15) is 36.7 Å². The van der Waals surface area contributed by atoms with Gasteiger partial charge in [-0.05, 0) is 43.8 Å². The van der Waals surface area contributed by atoms with Crippen molar-refractivity contribution in [2.75, 3.05) is 12.4 Å². The third kappa shape index (κ3) is 3.31. The molecule has 0 aliphatic rings. The number of ether oxygens (including phenoxy) is 1. The molecule has 0 unspecified atom stereocenters. The van der Waals surface area contributed by atoms with Crippen LogP contribution in [0.25, 0.3) is 0 Å². The molecule has 0 spiro atoms. The Kier molecular flexibility index (Phi) is 4.43. The second-order valence-electron chi connectivity index (χ2n) is 4.94. The fraction of sp³-hybridized carbons (Fsp3) is 0.250. The predicted octanol–water partition coefficient (Wildman–Crippen LogP) is 3.71. The Bertz CT molecular complexity index is 683. The maximum atomic E-state index is 12.4. The average Bonchev–Trinajstić information content (AvgIpc) is 2.78. The van der Waals surface area contributed by atoms with Crippen LogP contribution in [-0.2, 0) is 4.74 Å². The predicted molar refractivity (Wildman–Crippen MR) is 84.3 cm³/mol. The van der Waals surface area contributed by atoms with Gasteiger partial charge in [0.05, 0.1) is 12.8 Å². The summed E-state index contributed by atoms with van der Waals surface area (Å²) in [5.41, 5.74) is 3.99. The van der Waals surface area contributed by atoms with Gasteiger partial charge < -0.3 is 10.1 Å². The number of carbonyl (C=O) groups is 2. The number of rotatable bonds is 3. The summed E-state index contributed by atoms with van der Waals surface area (Å²) in [5.74, 6) is -0.669. The van der Waals surface area contributed by atoms with Crippen LogP contribution in [0.3, 0.4) is 0 Å². The van der Waals surface area contributed by atoms with Crippen LogP contribution in [0, 0.1) is 20.8 Å². The van der Waals surface area contributed by atoms with Gasteiger partial charge in [0.25, 0.3) is 5.91 Å². The molecule has 1 amide bonds. The van der Waals surface area contributed by atoms with Gasteiger partial charge in [-0.25, -0.2) is 4.79 Å². The molecule has 1 aromatic carbocycles. The maximum Gasteiger partial charge on any atom is 0.350 e. The first kappa shape index (κ1) is 15.3. The first-order valence-corrected chi connectivity index (χ1v) is 7.36. The van der Waals surface area contributed by atoms with Gasteiger partial charge in [0.2, 0.25) is 0 Å². The fourth-order valence-corrected chi connectivity index (χ4v) is 3.06. The summed E-state index contributed by atoms with van der Waals surface area (Å²) in [7, 11) is 1.33. The number of methoxy groups -OCH3 is 1. The van der Waals surface area contributed by atoms with E-state index in [4.69, 9.17) is 4.74 Å². The molecular formula is C16H17NO3S. The van der Waals surface area contributed by atoms with E-state index >= 15 is 0 Å². The number of amides is 1. The lowest BCUT2D eigenvalue weighted by molar-refractivity contribution is 0.0607. The highest BCUT2D eigenvalue weighted by Gasteiger charge is 2.19. The van der Waals surface area contributed by atoms with Crippen LogP contribution in [0.5, 0.6) is 0 Å². The molecule has 0 radical (unpaired) electrons. The molecule has 21 heavy (non-hydrogen) atoms. The van der Waals surface area contributed by atoms with Gasteiger partial charge in [-0.3, -0.25) is 4.79 Å². The lowest BCUT2D eigenvalue weighted by Crippen LogP contribution is -2.15. The van der Waals surface area contributed by atoms with E-state index in [-0.39, 0.29) is 5.91 Å². The zero-order chi connectivity index (χ0) is 15.6. The fourth-order valence-electron chi connectivity index (χ4n) is 2.13. The molecule has 0 aliphatic heterocycles. The van der Waals surface area contributed by atoms with Crippen LogP contribution in [0.4, 0.5) is 5.69 Å². The second kappa shape index (κ2) is 6.10. The van der Waals surface area contributed by atoms with Crippen molar-refractivity contribution < 1.29 is 14.3 Å². The Morgan fingerprint density at radius 2 is 1.71 bits per heavy atom. The molecule has 1 heterocycles. The Morgan fingerprint density at radius 1 is 1.10 bits per heavy atom. The zero-order valence-corrected chi connectivity index (χ0v) is 13.3. The van der Waals surface area contributed by atoms with Crippen LogP contribution < -0.4 is 5.32 Å². The normalized spacial score (nSPS) is 10.3. The molecule has 2 rings (SSSR count). The van der Waals surface area contributed by atoms with E-state index in [1.54, 1.807) is 0 Å². The summed E-state index contributed by atoms with van der Waals surface area (Å²) in [6, 6.07) is 5.65. The largest absolute Gasteiger partial charge is 0.465 e. The smallest absolute Gasteiger partial charge is 0.350 e. The third-order valence-corrected chi connectivity index (χ3v) is 4.15. The number of thiophene rings is 1. The molecule has 1 aromatic heterocycles. The van der Waals surface area contributed by atoms with Gasteiger partial charge in [0.15, 0.2) is 0 Å². The molecule has 2 aromatic rings. The van der Waals surface area contributed by atoms with E-state index in [1.165, 1.54) is 18.4 Å². The van der Waals surface area contributed by atoms with Crippen molar-refractivity contribution in [3.8, 4) is 0 Å². The van der Waals surface area contributed by atoms with Crippen molar-refractivity contribution in [2.45, 2.75) is 20.8 Å². The van der Waals surface area contributed by atoms with Gasteiger partial charge in [0.1, 0.15) is 4.88 Å². The number of anilines is 1. The van der Waals surface area contributed by atoms with Crippen molar-refractivity contribution in [3.63, 3.8) is 0 Å². The number of hydrogen-bond acceptors (Lipinski definition) is 4. The SMILES string of the molecule is COC(=O)c1scc(C)c1NC(=O)c1cc(C)cc(C)c1. The average molecular weight is 303 g/mol. The molecular weight excluding hydrogens is 286 g/mol. The minimum atomic E-state index is -0.441. The first-order chi connectivity index (χ1) is 9.92. The number of aryl methyl sites for hydroxylation is 3. The van der Waals surface area contributed by atoms with Gasteiger partial charge in [-0.15, -0.1) is 11.3 Å². The van der Waals surface area contributed by atoms with Crippen LogP contribution in [-0.4, -0.2) is 19.0 Å². The molecule has 1 N–H and O–H groups in total. The third-order valence-electron chi connectivity index (χ3n) is 3.07. The van der Waals surface area contributed by atoms with Gasteiger partial charge in [-0.2, -0.15) is 0 Å². The highest BCUT2D eigenvalue weighted by molar-refractivity contribution is 7.12. The Morgan fingerprint density at radius 3 is 2.29 bits per heavy atom. The number of esters is 1. The number of nitrogens with one attached hydrogen (secondary N) is 1. The summed E-state index contributed by atoms with van der Waals surface area (Å²) in [6.07, 6.45) is 0. The molecule has 0 saturated heterocycles. The van der Waals surface area contributed by atoms with E-state index in [0.29, 0.717) is 16.1 Å². The van der Waals surface area contributed by atoms with Crippen LogP contribution >= 0.6 is 11.3 Å². The van der Waals surface area contributed by atoms with Crippen molar-refractivity contribution in [2.24, 2.45) is 0 Å². The molecule has 0 atom stereocenters. The van der Waals surface area contributed by atoms with Gasteiger partial charge >= 0.3 is 5.97 Å². The van der Waals surface area contributed by atoms with E-state index in [9.17, 15) is 9.59 Å².